The van der Waals surface area contributed by atoms with E-state index in [1.807, 2.05) is 18.2 Å². The number of hydrogen-bond donors (Lipinski definition) is 2. The normalized spacial score (nSPS) is 19.0. The van der Waals surface area contributed by atoms with Crippen molar-refractivity contribution in [2.24, 2.45) is 10.7 Å². The third-order valence-electron chi connectivity index (χ3n) is 5.08. The molecule has 0 aliphatic carbocycles. The molecule has 1 atom stereocenters. The Morgan fingerprint density at radius 1 is 1.17 bits per heavy atom. The maximum Gasteiger partial charge on any atom is 0.283 e. The van der Waals surface area contributed by atoms with Gasteiger partial charge in [-0.25, -0.2) is 15.0 Å². The summed E-state index contributed by atoms with van der Waals surface area (Å²) in [5.74, 6) is 0.724. The molecule has 3 N–H and O–H groups in total. The Morgan fingerprint density at radius 3 is 2.87 bits per heavy atom. The molecule has 0 saturated heterocycles. The average Bonchev–Trinajstić information content (AvgIpc) is 2.75. The molecule has 30 heavy (non-hydrogen) atoms. The highest BCUT2D eigenvalue weighted by molar-refractivity contribution is 6.30. The Hall–Kier alpha value is -3.65. The highest BCUT2D eigenvalue weighted by Crippen LogP contribution is 2.51. The number of anilines is 1. The maximum atomic E-state index is 12.6. The first-order valence-electron chi connectivity index (χ1n) is 9.24. The minimum atomic E-state index is -0.807. The van der Waals surface area contributed by atoms with Crippen molar-refractivity contribution in [2.75, 3.05) is 11.9 Å². The van der Waals surface area contributed by atoms with Crippen LogP contribution in [0.5, 0.6) is 11.6 Å². The van der Waals surface area contributed by atoms with Gasteiger partial charge >= 0.3 is 0 Å². The number of halogens is 1. The molecule has 4 heterocycles. The van der Waals surface area contributed by atoms with Gasteiger partial charge in [0.25, 0.3) is 11.9 Å². The summed E-state index contributed by atoms with van der Waals surface area (Å²) in [5.41, 5.74) is 7.54. The molecule has 3 aromatic rings. The number of pyridine rings is 2. The van der Waals surface area contributed by atoms with E-state index in [9.17, 15) is 4.79 Å². The van der Waals surface area contributed by atoms with Gasteiger partial charge in [-0.15, -0.1) is 0 Å². The summed E-state index contributed by atoms with van der Waals surface area (Å²) in [6, 6.07) is 12.4. The molecule has 150 valence electrons. The number of hydrogen-bond acceptors (Lipinski definition) is 7. The van der Waals surface area contributed by atoms with Crippen molar-refractivity contribution in [3.8, 4) is 11.6 Å². The van der Waals surface area contributed by atoms with E-state index in [0.717, 1.165) is 11.1 Å². The summed E-state index contributed by atoms with van der Waals surface area (Å²) >= 11 is 5.85. The van der Waals surface area contributed by atoms with E-state index in [2.05, 4.69) is 20.3 Å². The van der Waals surface area contributed by atoms with E-state index in [1.165, 1.54) is 6.20 Å². The minimum Gasteiger partial charge on any atom is -0.465 e. The first-order valence-corrected chi connectivity index (χ1v) is 9.62. The number of aromatic nitrogens is 2. The molecular formula is C21H16ClN5O3. The molecular weight excluding hydrogens is 406 g/mol. The van der Waals surface area contributed by atoms with Crippen LogP contribution in [0.1, 0.15) is 28.0 Å². The first kappa shape index (κ1) is 18.4. The van der Waals surface area contributed by atoms with Crippen molar-refractivity contribution in [3.05, 3.63) is 76.7 Å². The van der Waals surface area contributed by atoms with Crippen LogP contribution in [-0.4, -0.2) is 28.5 Å². The number of aliphatic imine (C=N–C) groups is 1. The van der Waals surface area contributed by atoms with E-state index in [1.54, 1.807) is 30.5 Å². The summed E-state index contributed by atoms with van der Waals surface area (Å²) in [6.07, 6.45) is 3.64. The van der Waals surface area contributed by atoms with Crippen LogP contribution >= 0.6 is 11.6 Å². The zero-order valence-electron chi connectivity index (χ0n) is 15.6. The molecule has 2 aliphatic heterocycles. The second-order valence-electron chi connectivity index (χ2n) is 6.89. The lowest BCUT2D eigenvalue weighted by Crippen LogP contribution is -2.38. The number of nitrogens with zero attached hydrogens (tertiary/aromatic N) is 3. The van der Waals surface area contributed by atoms with Gasteiger partial charge in [0.2, 0.25) is 5.88 Å². The number of carbonyl (C=O) groups is 1. The maximum absolute atomic E-state index is 12.6. The lowest BCUT2D eigenvalue weighted by molar-refractivity contribution is 0.102. The van der Waals surface area contributed by atoms with Gasteiger partial charge in [-0.1, -0.05) is 11.6 Å². The van der Waals surface area contributed by atoms with Crippen LogP contribution in [0.25, 0.3) is 0 Å². The van der Waals surface area contributed by atoms with Crippen molar-refractivity contribution >= 4 is 29.2 Å². The number of ether oxygens (including phenoxy) is 2. The smallest absolute Gasteiger partial charge is 0.283 e. The Labute approximate surface area is 176 Å². The molecule has 5 rings (SSSR count). The van der Waals surface area contributed by atoms with E-state index in [-0.39, 0.29) is 17.6 Å². The average molecular weight is 422 g/mol. The minimum absolute atomic E-state index is 0.101. The summed E-state index contributed by atoms with van der Waals surface area (Å²) in [6.45, 7) is 0.397. The predicted octanol–water partition coefficient (Wildman–Crippen LogP) is 3.47. The van der Waals surface area contributed by atoms with Gasteiger partial charge in [-0.05, 0) is 42.5 Å². The molecule has 0 saturated carbocycles. The fourth-order valence-corrected chi connectivity index (χ4v) is 3.84. The van der Waals surface area contributed by atoms with Gasteiger partial charge < -0.3 is 20.5 Å². The van der Waals surface area contributed by atoms with Crippen molar-refractivity contribution < 1.29 is 14.3 Å². The summed E-state index contributed by atoms with van der Waals surface area (Å²) < 4.78 is 11.4. The Bertz CT molecular complexity index is 1180. The molecule has 8 nitrogen and oxygen atoms in total. The Kier molecular flexibility index (Phi) is 4.29. The summed E-state index contributed by atoms with van der Waals surface area (Å²) in [4.78, 5) is 25.6. The Balaban J connectivity index is 1.57. The molecule has 9 heteroatoms. The van der Waals surface area contributed by atoms with Gasteiger partial charge in [0.15, 0.2) is 0 Å². The molecule has 2 aromatic heterocycles. The molecule has 1 spiro atoms. The fourth-order valence-electron chi connectivity index (χ4n) is 3.73. The number of carbonyl (C=O) groups excluding carboxylic acids is 1. The van der Waals surface area contributed by atoms with Crippen molar-refractivity contribution in [2.45, 2.75) is 12.0 Å². The third-order valence-corrected chi connectivity index (χ3v) is 5.30. The number of nitrogens with one attached hydrogen (secondary N) is 1. The first-order chi connectivity index (χ1) is 14.5. The number of fused-ring (bicyclic) bond motifs is 4. The highest BCUT2D eigenvalue weighted by atomic mass is 35.5. The monoisotopic (exact) mass is 421 g/mol. The van der Waals surface area contributed by atoms with Crippen LogP contribution < -0.4 is 15.8 Å². The second-order valence-corrected chi connectivity index (χ2v) is 7.33. The number of amidine groups is 1. The summed E-state index contributed by atoms with van der Waals surface area (Å²) in [7, 11) is 0. The molecule has 0 fully saturated rings. The SMILES string of the molecule is NC1=N[C@@]2(CCO1)c1cc(NC(=O)c3ccc(Cl)cn3)ccc1Oc1ncccc12. The summed E-state index contributed by atoms with van der Waals surface area (Å²) in [5, 5.41) is 3.32. The largest absolute Gasteiger partial charge is 0.465 e. The molecule has 0 unspecified atom stereocenters. The van der Waals surface area contributed by atoms with Crippen molar-refractivity contribution in [3.63, 3.8) is 0 Å². The van der Waals surface area contributed by atoms with E-state index in [0.29, 0.717) is 35.4 Å². The van der Waals surface area contributed by atoms with Gasteiger partial charge in [0, 0.05) is 35.6 Å². The van der Waals surface area contributed by atoms with E-state index >= 15 is 0 Å². The number of amides is 1. The number of rotatable bonds is 2. The molecule has 1 amide bonds. The predicted molar refractivity (Wildman–Crippen MR) is 111 cm³/mol. The Morgan fingerprint density at radius 2 is 2.07 bits per heavy atom. The second kappa shape index (κ2) is 7.00. The van der Waals surface area contributed by atoms with E-state index < -0.39 is 5.54 Å². The molecule has 1 aromatic carbocycles. The zero-order valence-corrected chi connectivity index (χ0v) is 16.4. The number of benzene rings is 1. The van der Waals surface area contributed by atoms with Gasteiger partial charge in [-0.2, -0.15) is 0 Å². The van der Waals surface area contributed by atoms with Crippen LogP contribution in [0.3, 0.4) is 0 Å². The quantitative estimate of drug-likeness (QED) is 0.655. The van der Waals surface area contributed by atoms with Crippen LogP contribution in [0.4, 0.5) is 5.69 Å². The third kappa shape index (κ3) is 3.02. The standard InChI is InChI=1S/C21H16ClN5O3/c22-12-3-5-16(25-11-12)18(28)26-13-4-6-17-15(10-13)21(7-9-29-20(23)27-21)14-2-1-8-24-19(14)30-17/h1-6,8,10-11H,7,9H2,(H2,23,27)(H,26,28)/t21-/m1/s1. The van der Waals surface area contributed by atoms with Crippen LogP contribution in [0, 0.1) is 0 Å². The van der Waals surface area contributed by atoms with Gasteiger partial charge in [0.1, 0.15) is 17.0 Å². The molecule has 0 radical (unpaired) electrons. The van der Waals surface area contributed by atoms with E-state index in [4.69, 9.17) is 26.8 Å². The van der Waals surface area contributed by atoms with Crippen LogP contribution in [-0.2, 0) is 10.3 Å². The van der Waals surface area contributed by atoms with Crippen molar-refractivity contribution in [1.82, 2.24) is 9.97 Å². The van der Waals surface area contributed by atoms with Gasteiger partial charge in [0.05, 0.1) is 11.6 Å². The highest BCUT2D eigenvalue weighted by Gasteiger charge is 2.45. The van der Waals surface area contributed by atoms with Crippen LogP contribution in [0.15, 0.2) is 59.9 Å². The lowest BCUT2D eigenvalue weighted by Gasteiger charge is -2.38. The van der Waals surface area contributed by atoms with Crippen molar-refractivity contribution in [1.29, 1.82) is 0 Å². The molecule has 0 bridgehead atoms. The lowest BCUT2D eigenvalue weighted by atomic mass is 9.78. The zero-order chi connectivity index (χ0) is 20.7. The molecule has 2 aliphatic rings. The fraction of sp³-hybridized carbons (Fsp3) is 0.143. The van der Waals surface area contributed by atoms with Gasteiger partial charge in [-0.3, -0.25) is 4.79 Å². The van der Waals surface area contributed by atoms with Crippen LogP contribution in [0.2, 0.25) is 5.02 Å². The number of nitrogens with two attached hydrogens (primary N) is 1. The topological polar surface area (TPSA) is 112 Å².